The van der Waals surface area contributed by atoms with Crippen LogP contribution in [0.1, 0.15) is 41.5 Å². The molecule has 0 radical (unpaired) electrons. The summed E-state index contributed by atoms with van der Waals surface area (Å²) in [6.07, 6.45) is -1.83. The van der Waals surface area contributed by atoms with Crippen LogP contribution in [0.5, 0.6) is 11.5 Å². The van der Waals surface area contributed by atoms with E-state index >= 15 is 0 Å². The van der Waals surface area contributed by atoms with Gasteiger partial charge in [0.15, 0.2) is 11.5 Å². The number of hydrogen-bond acceptors (Lipinski definition) is 7. The number of carbonyl (C=O) groups is 2. The fourth-order valence-corrected chi connectivity index (χ4v) is 2.54. The third-order valence-corrected chi connectivity index (χ3v) is 3.77. The van der Waals surface area contributed by atoms with Crippen molar-refractivity contribution >= 4 is 33.9 Å². The molecule has 0 aliphatic heterocycles. The highest BCUT2D eigenvalue weighted by molar-refractivity contribution is 9.10. The predicted octanol–water partition coefficient (Wildman–Crippen LogP) is 5.76. The van der Waals surface area contributed by atoms with Gasteiger partial charge >= 0.3 is 12.3 Å². The van der Waals surface area contributed by atoms with Crippen molar-refractivity contribution in [2.24, 2.45) is 0 Å². The Morgan fingerprint density at radius 3 is 1.46 bits per heavy atom. The molecule has 2 aliphatic rings. The zero-order chi connectivity index (χ0) is 21.3. The van der Waals surface area contributed by atoms with Crippen molar-refractivity contribution in [1.82, 2.24) is 0 Å². The molecule has 0 atom stereocenters. The van der Waals surface area contributed by atoms with E-state index in [0.717, 1.165) is 4.47 Å². The van der Waals surface area contributed by atoms with E-state index in [2.05, 4.69) is 15.9 Å². The van der Waals surface area contributed by atoms with Crippen LogP contribution in [0.2, 0.25) is 0 Å². The van der Waals surface area contributed by atoms with Gasteiger partial charge in [0.1, 0.15) is 16.9 Å². The van der Waals surface area contributed by atoms with Gasteiger partial charge in [-0.1, -0.05) is 15.9 Å². The van der Waals surface area contributed by atoms with Gasteiger partial charge in [-0.3, -0.25) is 0 Å². The van der Waals surface area contributed by atoms with Crippen LogP contribution in [0.15, 0.2) is 28.7 Å². The Bertz CT molecular complexity index is 799. The molecule has 2 rings (SSSR count). The summed E-state index contributed by atoms with van der Waals surface area (Å²) in [5.74, 6) is 0.0943. The molecule has 0 unspecified atom stereocenters. The highest BCUT2D eigenvalue weighted by atomic mass is 79.9. The molecule has 2 N–H and O–H groups in total. The number of ether oxygens (including phenoxy) is 4. The average molecular weight is 454 g/mol. The van der Waals surface area contributed by atoms with E-state index < -0.39 is 23.5 Å². The van der Waals surface area contributed by atoms with Crippen molar-refractivity contribution in [3.05, 3.63) is 28.7 Å². The van der Waals surface area contributed by atoms with Gasteiger partial charge in [0.05, 0.1) is 0 Å². The minimum absolute atomic E-state index is 0.00552. The number of fused-ring (bicyclic) bond motifs is 1. The summed E-state index contributed by atoms with van der Waals surface area (Å²) < 4.78 is 21.8. The minimum atomic E-state index is -0.916. The Hall–Kier alpha value is -2.48. The van der Waals surface area contributed by atoms with E-state index in [-0.39, 0.29) is 17.2 Å². The molecule has 0 spiro atoms. The van der Waals surface area contributed by atoms with E-state index in [1.54, 1.807) is 65.8 Å². The first-order valence-corrected chi connectivity index (χ1v) is 9.38. The second kappa shape index (κ2) is 7.87. The van der Waals surface area contributed by atoms with Crippen molar-refractivity contribution < 1.29 is 28.5 Å². The lowest BCUT2D eigenvalue weighted by atomic mass is 10.2. The summed E-state index contributed by atoms with van der Waals surface area (Å²) in [5.41, 5.74) is 5.62. The third kappa shape index (κ3) is 5.76. The minimum Gasteiger partial charge on any atom is -0.428 e. The number of nitrogen functional groups attached to an aromatic ring is 1. The molecule has 7 nitrogen and oxygen atoms in total. The monoisotopic (exact) mass is 453 g/mol. The van der Waals surface area contributed by atoms with Crippen molar-refractivity contribution in [3.8, 4) is 22.6 Å². The molecule has 152 valence electrons. The molecule has 0 saturated carbocycles. The summed E-state index contributed by atoms with van der Waals surface area (Å²) in [7, 11) is 0. The highest BCUT2D eigenvalue weighted by Crippen LogP contribution is 2.50. The van der Waals surface area contributed by atoms with Gasteiger partial charge in [-0.15, -0.1) is 0 Å². The molecule has 2 aliphatic carbocycles. The van der Waals surface area contributed by atoms with Crippen LogP contribution >= 0.6 is 15.9 Å². The quantitative estimate of drug-likeness (QED) is 0.576. The smallest absolute Gasteiger partial charge is 0.428 e. The number of halogens is 1. The van der Waals surface area contributed by atoms with E-state index in [0.29, 0.717) is 11.1 Å². The first kappa shape index (κ1) is 21.8. The molecule has 8 heteroatoms. The first-order chi connectivity index (χ1) is 12.8. The normalized spacial score (nSPS) is 11.8. The Morgan fingerprint density at radius 2 is 1.14 bits per heavy atom. The van der Waals surface area contributed by atoms with Gasteiger partial charge in [0.2, 0.25) is 0 Å². The van der Waals surface area contributed by atoms with Crippen molar-refractivity contribution in [1.29, 1.82) is 0 Å². The van der Waals surface area contributed by atoms with E-state index in [1.165, 1.54) is 0 Å². The van der Waals surface area contributed by atoms with Crippen LogP contribution in [-0.2, 0) is 9.47 Å². The molecule has 28 heavy (non-hydrogen) atoms. The summed E-state index contributed by atoms with van der Waals surface area (Å²) >= 11 is 3.38. The molecule has 0 bridgehead atoms. The van der Waals surface area contributed by atoms with E-state index in [4.69, 9.17) is 24.7 Å². The summed E-state index contributed by atoms with van der Waals surface area (Å²) in [4.78, 5) is 24.3. The molecule has 0 aromatic carbocycles. The molecule has 0 saturated heterocycles. The number of rotatable bonds is 2. The zero-order valence-electron chi connectivity index (χ0n) is 16.7. The molecule has 0 aromatic heterocycles. The van der Waals surface area contributed by atoms with Crippen molar-refractivity contribution in [3.63, 3.8) is 0 Å². The number of hydrogen-bond donors (Lipinski definition) is 1. The van der Waals surface area contributed by atoms with Crippen LogP contribution in [-0.4, -0.2) is 23.5 Å². The van der Waals surface area contributed by atoms with Crippen molar-refractivity contribution in [2.75, 3.05) is 5.73 Å². The van der Waals surface area contributed by atoms with Crippen molar-refractivity contribution in [2.45, 2.75) is 52.7 Å². The lowest BCUT2D eigenvalue weighted by Gasteiger charge is -2.19. The first-order valence-electron chi connectivity index (χ1n) is 8.59. The largest absolute Gasteiger partial charge is 0.514 e. The van der Waals surface area contributed by atoms with Gasteiger partial charge < -0.3 is 24.7 Å². The van der Waals surface area contributed by atoms with E-state index in [9.17, 15) is 9.59 Å². The number of carbonyl (C=O) groups excluding carboxylic acids is 2. The third-order valence-electron chi connectivity index (χ3n) is 3.24. The Labute approximate surface area is 172 Å². The van der Waals surface area contributed by atoms with Crippen LogP contribution in [0.25, 0.3) is 11.1 Å². The fourth-order valence-electron chi connectivity index (χ4n) is 2.28. The average Bonchev–Trinajstić information content (AvgIpc) is 2.63. The van der Waals surface area contributed by atoms with Gasteiger partial charge in [0, 0.05) is 15.6 Å². The standard InChI is InChI=1S/C20H24BrNO6/c1-19(2,3)27-17(23)25-15-12-9-7-11(21)8-10-13(12)16(14(15)22)26-18(24)28-20(4,5)6/h7-10H,22H2,1-6H3. The fraction of sp³-hybridized carbons (Fsp3) is 0.400. The second-order valence-corrected chi connectivity index (χ2v) is 9.00. The molecule has 0 aromatic rings. The van der Waals surface area contributed by atoms with Gasteiger partial charge in [0.25, 0.3) is 0 Å². The number of nitrogens with two attached hydrogens (primary N) is 1. The Kier molecular flexibility index (Phi) is 6.13. The SMILES string of the molecule is CC(C)(C)OC(=O)Oc1c2ccc(Br)ccc-2c(OC(=O)OC(C)(C)C)c1N. The predicted molar refractivity (Wildman–Crippen MR) is 109 cm³/mol. The van der Waals surface area contributed by atoms with Crippen LogP contribution in [0, 0.1) is 0 Å². The van der Waals surface area contributed by atoms with Gasteiger partial charge in [-0.2, -0.15) is 0 Å². The molecule has 0 fully saturated rings. The molecule has 0 heterocycles. The summed E-state index contributed by atoms with van der Waals surface area (Å²) in [6.45, 7) is 10.3. The molecular weight excluding hydrogens is 430 g/mol. The lowest BCUT2D eigenvalue weighted by Crippen LogP contribution is -2.26. The van der Waals surface area contributed by atoms with Crippen LogP contribution in [0.3, 0.4) is 0 Å². The molecular formula is C20H24BrNO6. The maximum absolute atomic E-state index is 12.1. The van der Waals surface area contributed by atoms with E-state index in [1.807, 2.05) is 0 Å². The maximum atomic E-state index is 12.1. The van der Waals surface area contributed by atoms with Crippen LogP contribution in [0.4, 0.5) is 15.3 Å². The van der Waals surface area contributed by atoms with Gasteiger partial charge in [-0.05, 0) is 65.8 Å². The lowest BCUT2D eigenvalue weighted by molar-refractivity contribution is 0.0204. The second-order valence-electron chi connectivity index (χ2n) is 8.08. The summed E-state index contributed by atoms with van der Waals surface area (Å²) in [6, 6.07) is 6.89. The zero-order valence-corrected chi connectivity index (χ0v) is 18.3. The highest BCUT2D eigenvalue weighted by Gasteiger charge is 2.30. The molecule has 0 amide bonds. The number of anilines is 1. The van der Waals surface area contributed by atoms with Crippen LogP contribution < -0.4 is 15.2 Å². The Balaban J connectivity index is 2.46. The maximum Gasteiger partial charge on any atom is 0.514 e. The van der Waals surface area contributed by atoms with Gasteiger partial charge in [-0.25, -0.2) is 9.59 Å². The summed E-state index contributed by atoms with van der Waals surface area (Å²) in [5, 5.41) is 0. The topological polar surface area (TPSA) is 97.1 Å². The Morgan fingerprint density at radius 1 is 0.786 bits per heavy atom.